The molecule has 3 rings (SSSR count). The second-order valence-electron chi connectivity index (χ2n) is 12.4. The van der Waals surface area contributed by atoms with Crippen LogP contribution in [0.3, 0.4) is 0 Å². The van der Waals surface area contributed by atoms with Crippen LogP contribution in [0.15, 0.2) is 60.7 Å². The summed E-state index contributed by atoms with van der Waals surface area (Å²) in [5.41, 5.74) is 4.09. The highest BCUT2D eigenvalue weighted by molar-refractivity contribution is 5.94. The van der Waals surface area contributed by atoms with Gasteiger partial charge < -0.3 is 10.1 Å². The van der Waals surface area contributed by atoms with Gasteiger partial charge in [-0.05, 0) is 36.3 Å². The number of amides is 4. The summed E-state index contributed by atoms with van der Waals surface area (Å²) in [5.74, 6) is -2.58. The van der Waals surface area contributed by atoms with Crippen molar-refractivity contribution in [2.24, 2.45) is 11.8 Å². The summed E-state index contributed by atoms with van der Waals surface area (Å²) in [6.45, 7) is 7.93. The first-order chi connectivity index (χ1) is 23.2. The van der Waals surface area contributed by atoms with Gasteiger partial charge in [-0.3, -0.25) is 24.0 Å². The Balaban J connectivity index is 1.87. The highest BCUT2D eigenvalue weighted by atomic mass is 16.6. The molecule has 48 heavy (non-hydrogen) atoms. The minimum Gasteiger partial charge on any atom is -0.443 e. The van der Waals surface area contributed by atoms with E-state index in [2.05, 4.69) is 10.8 Å². The van der Waals surface area contributed by atoms with Crippen LogP contribution in [0.1, 0.15) is 96.6 Å². The molecule has 262 valence electrons. The standard InChI is InChI=1S/C37H52N4O7/c1-5-8-11-21-30(24-33(43)39-48-26-29-19-14-10-15-20-29)36(45)41-31(35(44)38-34(27(4)6-2)32(42)7-3)22-16-23-40(41)37(46)47-25-28-17-12-9-13-18-28/h9-10,12-15,17-20,27,30-31,34H,5-8,11,16,21-26H2,1-4H3,(H,38,44)(H,39,43)/t27-,30+,31-,34+/m0/s1. The molecule has 2 N–H and O–H groups in total. The third-order valence-electron chi connectivity index (χ3n) is 8.76. The Labute approximate surface area is 284 Å². The first-order valence-corrected chi connectivity index (χ1v) is 17.3. The predicted molar refractivity (Wildman–Crippen MR) is 182 cm³/mol. The maximum absolute atomic E-state index is 14.5. The SMILES string of the molecule is CCCCC[C@H](CC(=O)NOCc1ccccc1)C(=O)N1[C@H](C(=O)N[C@@H](C(=O)CC)[C@@H](C)CC)CCCN1C(=O)OCc1ccccc1. The summed E-state index contributed by atoms with van der Waals surface area (Å²) in [7, 11) is 0. The molecule has 0 aliphatic carbocycles. The Morgan fingerprint density at radius 1 is 0.896 bits per heavy atom. The maximum Gasteiger partial charge on any atom is 0.429 e. The molecule has 1 fully saturated rings. The number of Topliss-reactive ketones (excluding diaryl/α,β-unsaturated/α-hetero) is 1. The van der Waals surface area contributed by atoms with Crippen LogP contribution in [0.2, 0.25) is 0 Å². The van der Waals surface area contributed by atoms with E-state index in [0.717, 1.165) is 24.0 Å². The third kappa shape index (κ3) is 11.5. The van der Waals surface area contributed by atoms with Crippen LogP contribution in [0, 0.1) is 11.8 Å². The minimum atomic E-state index is -1.07. The van der Waals surface area contributed by atoms with Gasteiger partial charge in [0.1, 0.15) is 12.6 Å². The molecule has 1 heterocycles. The fourth-order valence-corrected chi connectivity index (χ4v) is 5.75. The summed E-state index contributed by atoms with van der Waals surface area (Å²) in [5, 5.41) is 5.28. The molecule has 0 bridgehead atoms. The fraction of sp³-hybridized carbons (Fsp3) is 0.541. The Morgan fingerprint density at radius 3 is 2.15 bits per heavy atom. The van der Waals surface area contributed by atoms with E-state index in [1.807, 2.05) is 81.4 Å². The molecule has 1 aliphatic heterocycles. The molecule has 2 aromatic rings. The number of benzene rings is 2. The molecule has 11 heteroatoms. The molecule has 1 saturated heterocycles. The van der Waals surface area contributed by atoms with E-state index in [9.17, 15) is 24.0 Å². The van der Waals surface area contributed by atoms with Crippen LogP contribution in [0.5, 0.6) is 0 Å². The predicted octanol–water partition coefficient (Wildman–Crippen LogP) is 5.88. The maximum atomic E-state index is 14.5. The van der Waals surface area contributed by atoms with E-state index in [-0.39, 0.29) is 50.7 Å². The van der Waals surface area contributed by atoms with Gasteiger partial charge >= 0.3 is 6.09 Å². The Hall–Kier alpha value is -4.25. The van der Waals surface area contributed by atoms with E-state index in [0.29, 0.717) is 25.7 Å². The van der Waals surface area contributed by atoms with Crippen molar-refractivity contribution in [2.75, 3.05) is 6.54 Å². The van der Waals surface area contributed by atoms with Gasteiger partial charge in [-0.2, -0.15) is 0 Å². The molecule has 11 nitrogen and oxygen atoms in total. The van der Waals surface area contributed by atoms with Crippen molar-refractivity contribution in [1.82, 2.24) is 20.8 Å². The van der Waals surface area contributed by atoms with Gasteiger partial charge in [-0.25, -0.2) is 20.3 Å². The lowest BCUT2D eigenvalue weighted by Crippen LogP contribution is -2.64. The number of rotatable bonds is 18. The summed E-state index contributed by atoms with van der Waals surface area (Å²) in [6.07, 6.45) is 3.48. The number of unbranched alkanes of at least 4 members (excludes halogenated alkanes) is 2. The molecule has 4 amide bonds. The monoisotopic (exact) mass is 664 g/mol. The zero-order chi connectivity index (χ0) is 34.9. The molecule has 0 spiro atoms. The molecule has 0 radical (unpaired) electrons. The highest BCUT2D eigenvalue weighted by Crippen LogP contribution is 2.27. The Morgan fingerprint density at radius 2 is 1.54 bits per heavy atom. The van der Waals surface area contributed by atoms with Crippen LogP contribution in [0.25, 0.3) is 0 Å². The number of carbonyl (C=O) groups is 5. The molecular weight excluding hydrogens is 612 g/mol. The van der Waals surface area contributed by atoms with Gasteiger partial charge in [-0.15, -0.1) is 0 Å². The van der Waals surface area contributed by atoms with Crippen LogP contribution in [-0.2, 0) is 42.0 Å². The number of nitrogens with one attached hydrogen (secondary N) is 2. The lowest BCUT2D eigenvalue weighted by molar-refractivity contribution is -0.169. The van der Waals surface area contributed by atoms with Crippen molar-refractivity contribution in [2.45, 2.75) is 111 Å². The molecular formula is C37H52N4O7. The number of nitrogens with zero attached hydrogens (tertiary/aromatic N) is 2. The summed E-state index contributed by atoms with van der Waals surface area (Å²) >= 11 is 0. The van der Waals surface area contributed by atoms with Crippen molar-refractivity contribution < 1.29 is 33.5 Å². The van der Waals surface area contributed by atoms with Crippen molar-refractivity contribution in [3.05, 3.63) is 71.8 Å². The number of hydrogen-bond acceptors (Lipinski definition) is 7. The lowest BCUT2D eigenvalue weighted by atomic mass is 9.92. The van der Waals surface area contributed by atoms with Gasteiger partial charge in [0.25, 0.3) is 0 Å². The van der Waals surface area contributed by atoms with Gasteiger partial charge in [0.15, 0.2) is 5.78 Å². The van der Waals surface area contributed by atoms with Crippen LogP contribution >= 0.6 is 0 Å². The molecule has 1 aliphatic rings. The van der Waals surface area contributed by atoms with Gasteiger partial charge in [-0.1, -0.05) is 114 Å². The van der Waals surface area contributed by atoms with Crippen molar-refractivity contribution in [3.63, 3.8) is 0 Å². The highest BCUT2D eigenvalue weighted by Gasteiger charge is 2.44. The second-order valence-corrected chi connectivity index (χ2v) is 12.4. The molecule has 0 aromatic heterocycles. The minimum absolute atomic E-state index is 0.0166. The smallest absolute Gasteiger partial charge is 0.429 e. The lowest BCUT2D eigenvalue weighted by Gasteiger charge is -2.44. The Kier molecular flexibility index (Phi) is 16.1. The fourth-order valence-electron chi connectivity index (χ4n) is 5.75. The van der Waals surface area contributed by atoms with Gasteiger partial charge in [0, 0.05) is 25.3 Å². The normalized spacial score (nSPS) is 16.4. The van der Waals surface area contributed by atoms with Crippen molar-refractivity contribution >= 4 is 29.6 Å². The zero-order valence-electron chi connectivity index (χ0n) is 28.8. The number of hydrazine groups is 1. The Bertz CT molecular complexity index is 1320. The molecule has 0 saturated carbocycles. The van der Waals surface area contributed by atoms with E-state index in [1.54, 1.807) is 6.92 Å². The van der Waals surface area contributed by atoms with Gasteiger partial charge in [0.05, 0.1) is 12.6 Å². The van der Waals surface area contributed by atoms with Crippen LogP contribution in [-0.4, -0.2) is 58.2 Å². The molecule has 2 aromatic carbocycles. The summed E-state index contributed by atoms with van der Waals surface area (Å²) < 4.78 is 5.63. The topological polar surface area (TPSA) is 134 Å². The number of ketones is 1. The number of hydrogen-bond donors (Lipinski definition) is 2. The molecule has 0 unspecified atom stereocenters. The van der Waals surface area contributed by atoms with Gasteiger partial charge in [0.2, 0.25) is 17.7 Å². The quantitative estimate of drug-likeness (QED) is 0.150. The van der Waals surface area contributed by atoms with Crippen LogP contribution in [0.4, 0.5) is 4.79 Å². The van der Waals surface area contributed by atoms with Crippen molar-refractivity contribution in [1.29, 1.82) is 0 Å². The number of carbonyl (C=O) groups excluding carboxylic acids is 5. The van der Waals surface area contributed by atoms with Crippen molar-refractivity contribution in [3.8, 4) is 0 Å². The first-order valence-electron chi connectivity index (χ1n) is 17.3. The number of ether oxygens (including phenoxy) is 1. The average Bonchev–Trinajstić information content (AvgIpc) is 3.12. The summed E-state index contributed by atoms with van der Waals surface area (Å²) in [6, 6.07) is 16.7. The molecule has 4 atom stereocenters. The zero-order valence-corrected chi connectivity index (χ0v) is 28.8. The third-order valence-corrected chi connectivity index (χ3v) is 8.76. The second kappa shape index (κ2) is 20.2. The van der Waals surface area contributed by atoms with E-state index < -0.39 is 41.8 Å². The first kappa shape index (κ1) is 38.2. The largest absolute Gasteiger partial charge is 0.443 e. The number of hydroxylamine groups is 1. The van der Waals surface area contributed by atoms with E-state index in [1.165, 1.54) is 10.0 Å². The summed E-state index contributed by atoms with van der Waals surface area (Å²) in [4.78, 5) is 73.4. The van der Waals surface area contributed by atoms with E-state index >= 15 is 0 Å². The average molecular weight is 665 g/mol. The van der Waals surface area contributed by atoms with Crippen LogP contribution < -0.4 is 10.8 Å². The van der Waals surface area contributed by atoms with E-state index in [4.69, 9.17) is 9.57 Å².